The van der Waals surface area contributed by atoms with Crippen molar-refractivity contribution in [1.29, 1.82) is 0 Å². The van der Waals surface area contributed by atoms with E-state index in [1.54, 1.807) is 29.2 Å². The highest BCUT2D eigenvalue weighted by Crippen LogP contribution is 2.20. The van der Waals surface area contributed by atoms with Gasteiger partial charge in [-0.05, 0) is 12.1 Å². The Morgan fingerprint density at radius 3 is 2.52 bits per heavy atom. The first kappa shape index (κ1) is 16.7. The number of benzene rings is 1. The number of hydrogen-bond acceptors (Lipinski definition) is 5. The number of aliphatic hydroxyl groups is 2. The second kappa shape index (κ2) is 7.15. The van der Waals surface area contributed by atoms with E-state index in [0.29, 0.717) is 43.4 Å². The van der Waals surface area contributed by atoms with Gasteiger partial charge in [-0.25, -0.2) is 0 Å². The van der Waals surface area contributed by atoms with Crippen molar-refractivity contribution < 1.29 is 19.7 Å². The lowest BCUT2D eigenvalue weighted by molar-refractivity contribution is -0.136. The molecule has 2 N–H and O–H groups in total. The zero-order valence-electron chi connectivity index (χ0n) is 12.8. The van der Waals surface area contributed by atoms with Crippen LogP contribution in [0.5, 0.6) is 0 Å². The number of piperazine rings is 1. The maximum absolute atomic E-state index is 12.5. The Labute approximate surface area is 140 Å². The Kier molecular flexibility index (Phi) is 5.18. The fourth-order valence-electron chi connectivity index (χ4n) is 3.15. The minimum absolute atomic E-state index is 0.0734. The van der Waals surface area contributed by atoms with Crippen LogP contribution in [0, 0.1) is 0 Å². The van der Waals surface area contributed by atoms with Gasteiger partial charge in [-0.1, -0.05) is 23.7 Å². The Morgan fingerprint density at radius 1 is 1.13 bits per heavy atom. The maximum Gasteiger partial charge on any atom is 0.255 e. The first-order valence-electron chi connectivity index (χ1n) is 7.79. The van der Waals surface area contributed by atoms with E-state index >= 15 is 0 Å². The Hall–Kier alpha value is -1.18. The van der Waals surface area contributed by atoms with Crippen molar-refractivity contribution in [2.75, 3.05) is 39.4 Å². The van der Waals surface area contributed by atoms with Gasteiger partial charge in [0.2, 0.25) is 0 Å². The zero-order chi connectivity index (χ0) is 16.4. The molecule has 2 aliphatic rings. The van der Waals surface area contributed by atoms with Crippen LogP contribution in [0.3, 0.4) is 0 Å². The summed E-state index contributed by atoms with van der Waals surface area (Å²) in [7, 11) is 0. The molecule has 0 bridgehead atoms. The van der Waals surface area contributed by atoms with Gasteiger partial charge in [0, 0.05) is 26.2 Å². The molecule has 6 nitrogen and oxygen atoms in total. The number of amides is 1. The normalized spacial score (nSPS) is 29.5. The molecule has 2 aliphatic heterocycles. The third-order valence-corrected chi connectivity index (χ3v) is 4.87. The molecule has 23 heavy (non-hydrogen) atoms. The smallest absolute Gasteiger partial charge is 0.255 e. The molecule has 2 saturated heterocycles. The van der Waals surface area contributed by atoms with Gasteiger partial charge in [0.25, 0.3) is 5.91 Å². The van der Waals surface area contributed by atoms with Crippen LogP contribution in [0.4, 0.5) is 0 Å². The van der Waals surface area contributed by atoms with Gasteiger partial charge < -0.3 is 19.8 Å². The lowest BCUT2D eigenvalue weighted by atomic mass is 10.0. The summed E-state index contributed by atoms with van der Waals surface area (Å²) in [6, 6.07) is 6.81. The second-order valence-corrected chi connectivity index (χ2v) is 6.38. The number of rotatable bonds is 2. The molecule has 3 atom stereocenters. The second-order valence-electron chi connectivity index (χ2n) is 5.97. The van der Waals surface area contributed by atoms with Gasteiger partial charge in [-0.2, -0.15) is 0 Å². The molecule has 2 heterocycles. The van der Waals surface area contributed by atoms with E-state index in [2.05, 4.69) is 4.90 Å². The fraction of sp³-hybridized carbons (Fsp3) is 0.562. The van der Waals surface area contributed by atoms with E-state index in [1.807, 2.05) is 0 Å². The highest BCUT2D eigenvalue weighted by Gasteiger charge is 2.37. The minimum atomic E-state index is -0.850. The molecule has 0 aromatic heterocycles. The van der Waals surface area contributed by atoms with Crippen molar-refractivity contribution in [3.8, 4) is 0 Å². The quantitative estimate of drug-likeness (QED) is 0.805. The molecule has 1 amide bonds. The summed E-state index contributed by atoms with van der Waals surface area (Å²) in [4.78, 5) is 16.4. The lowest BCUT2D eigenvalue weighted by Crippen LogP contribution is -2.60. The summed E-state index contributed by atoms with van der Waals surface area (Å²) in [5.41, 5.74) is 0.513. The average molecular weight is 341 g/mol. The molecular formula is C16H21ClN2O4. The predicted molar refractivity (Wildman–Crippen MR) is 85.5 cm³/mol. The van der Waals surface area contributed by atoms with E-state index in [-0.39, 0.29) is 18.6 Å². The van der Waals surface area contributed by atoms with Crippen molar-refractivity contribution in [3.63, 3.8) is 0 Å². The fourth-order valence-corrected chi connectivity index (χ4v) is 3.36. The van der Waals surface area contributed by atoms with Crippen LogP contribution >= 0.6 is 11.6 Å². The molecule has 3 rings (SSSR count). The number of aliphatic hydroxyl groups excluding tert-OH is 2. The SMILES string of the molecule is O=C(c1ccccc1Cl)N1CCN([C@@H]2COC[C@@H](O)[C@H]2O)CC1. The van der Waals surface area contributed by atoms with Crippen molar-refractivity contribution >= 4 is 17.5 Å². The predicted octanol–water partition coefficient (Wildman–Crippen LogP) is 0.218. The molecular weight excluding hydrogens is 320 g/mol. The Morgan fingerprint density at radius 2 is 1.83 bits per heavy atom. The van der Waals surface area contributed by atoms with Gasteiger partial charge in [0.15, 0.2) is 0 Å². The van der Waals surface area contributed by atoms with Crippen LogP contribution in [0.2, 0.25) is 5.02 Å². The molecule has 126 valence electrons. The van der Waals surface area contributed by atoms with Gasteiger partial charge >= 0.3 is 0 Å². The van der Waals surface area contributed by atoms with Gasteiger partial charge in [-0.3, -0.25) is 9.69 Å². The van der Waals surface area contributed by atoms with Crippen LogP contribution in [0.1, 0.15) is 10.4 Å². The van der Waals surface area contributed by atoms with Crippen molar-refractivity contribution in [2.24, 2.45) is 0 Å². The molecule has 0 radical (unpaired) electrons. The zero-order valence-corrected chi connectivity index (χ0v) is 13.5. The number of hydrogen-bond donors (Lipinski definition) is 2. The van der Waals surface area contributed by atoms with Crippen molar-refractivity contribution in [3.05, 3.63) is 34.9 Å². The van der Waals surface area contributed by atoms with Gasteiger partial charge in [-0.15, -0.1) is 0 Å². The van der Waals surface area contributed by atoms with Crippen LogP contribution in [-0.2, 0) is 4.74 Å². The Bertz CT molecular complexity index is 563. The summed E-state index contributed by atoms with van der Waals surface area (Å²) in [5.74, 6) is -0.0734. The van der Waals surface area contributed by atoms with E-state index in [0.717, 1.165) is 0 Å². The standard InChI is InChI=1S/C16H21ClN2O4/c17-12-4-2-1-3-11(12)16(22)19-7-5-18(6-8-19)13-9-23-10-14(20)15(13)21/h1-4,13-15,20-21H,5-10H2/t13-,14-,15+/m1/s1. The molecule has 2 fully saturated rings. The summed E-state index contributed by atoms with van der Waals surface area (Å²) in [6.45, 7) is 2.95. The molecule has 1 aromatic carbocycles. The van der Waals surface area contributed by atoms with Crippen LogP contribution in [0.25, 0.3) is 0 Å². The third-order valence-electron chi connectivity index (χ3n) is 4.54. The van der Waals surface area contributed by atoms with Crippen LogP contribution in [-0.4, -0.2) is 83.6 Å². The highest BCUT2D eigenvalue weighted by molar-refractivity contribution is 6.33. The van der Waals surface area contributed by atoms with E-state index in [4.69, 9.17) is 16.3 Å². The summed E-state index contributed by atoms with van der Waals surface area (Å²) < 4.78 is 5.33. The van der Waals surface area contributed by atoms with E-state index < -0.39 is 12.2 Å². The van der Waals surface area contributed by atoms with E-state index in [9.17, 15) is 15.0 Å². The average Bonchev–Trinajstić information content (AvgIpc) is 2.57. The monoisotopic (exact) mass is 340 g/mol. The van der Waals surface area contributed by atoms with Crippen molar-refractivity contribution in [2.45, 2.75) is 18.2 Å². The molecule has 0 saturated carbocycles. The summed E-state index contributed by atoms with van der Waals surface area (Å²) in [6.07, 6.45) is -1.66. The summed E-state index contributed by atoms with van der Waals surface area (Å²) >= 11 is 6.09. The van der Waals surface area contributed by atoms with Crippen LogP contribution < -0.4 is 0 Å². The van der Waals surface area contributed by atoms with Crippen LogP contribution in [0.15, 0.2) is 24.3 Å². The maximum atomic E-state index is 12.5. The van der Waals surface area contributed by atoms with Crippen molar-refractivity contribution in [1.82, 2.24) is 9.80 Å². The number of nitrogens with zero attached hydrogens (tertiary/aromatic N) is 2. The number of ether oxygens (including phenoxy) is 1. The van der Waals surface area contributed by atoms with Gasteiger partial charge in [0.1, 0.15) is 6.10 Å². The molecule has 0 aliphatic carbocycles. The number of carbonyl (C=O) groups is 1. The number of carbonyl (C=O) groups excluding carboxylic acids is 1. The lowest BCUT2D eigenvalue weighted by Gasteiger charge is -2.43. The first-order valence-corrected chi connectivity index (χ1v) is 8.17. The van der Waals surface area contributed by atoms with E-state index in [1.165, 1.54) is 0 Å². The summed E-state index contributed by atoms with van der Waals surface area (Å²) in [5, 5.41) is 20.3. The molecule has 7 heteroatoms. The number of halogens is 1. The minimum Gasteiger partial charge on any atom is -0.389 e. The molecule has 0 spiro atoms. The molecule has 0 unspecified atom stereocenters. The van der Waals surface area contributed by atoms with Gasteiger partial charge in [0.05, 0.1) is 35.9 Å². The highest BCUT2D eigenvalue weighted by atomic mass is 35.5. The largest absolute Gasteiger partial charge is 0.389 e. The Balaban J connectivity index is 1.60. The third kappa shape index (κ3) is 3.51. The topological polar surface area (TPSA) is 73.2 Å². The first-order chi connectivity index (χ1) is 11.1. The molecule has 1 aromatic rings.